The van der Waals surface area contributed by atoms with Crippen LogP contribution in [0.3, 0.4) is 0 Å². The van der Waals surface area contributed by atoms with Crippen molar-refractivity contribution in [1.82, 2.24) is 0 Å². The van der Waals surface area contributed by atoms with Crippen molar-refractivity contribution in [2.45, 2.75) is 18.6 Å². The van der Waals surface area contributed by atoms with E-state index in [2.05, 4.69) is 0 Å². The Morgan fingerprint density at radius 1 is 1.89 bits per heavy atom. The summed E-state index contributed by atoms with van der Waals surface area (Å²) in [6.07, 6.45) is 0.185. The molecule has 0 amide bonds. The predicted octanol–water partition coefficient (Wildman–Crippen LogP) is 0.160. The van der Waals surface area contributed by atoms with Crippen LogP contribution in [0.25, 0.3) is 0 Å². The highest BCUT2D eigenvalue weighted by Crippen LogP contribution is 2.19. The first kappa shape index (κ1) is 8.53. The van der Waals surface area contributed by atoms with Crippen molar-refractivity contribution in [1.29, 1.82) is 0 Å². The summed E-state index contributed by atoms with van der Waals surface area (Å²) in [5, 5.41) is 6.79. The SMILES string of the molecule is CCC(N)([PH+]=O)C(=O)O. The zero-order chi connectivity index (χ0) is 7.49. The fraction of sp³-hybridized carbons (Fsp3) is 0.750. The smallest absolute Gasteiger partial charge is 0.374 e. The molecule has 0 aliphatic carbocycles. The van der Waals surface area contributed by atoms with Gasteiger partial charge in [0, 0.05) is 6.42 Å². The molecule has 0 radical (unpaired) electrons. The Balaban J connectivity index is 4.27. The van der Waals surface area contributed by atoms with Crippen LogP contribution in [-0.2, 0) is 9.36 Å². The van der Waals surface area contributed by atoms with Gasteiger partial charge in [-0.25, -0.2) is 4.79 Å². The molecule has 0 aromatic carbocycles. The van der Waals surface area contributed by atoms with E-state index in [1.54, 1.807) is 6.92 Å². The third-order valence-corrected chi connectivity index (χ3v) is 2.05. The van der Waals surface area contributed by atoms with E-state index in [0.29, 0.717) is 0 Å². The van der Waals surface area contributed by atoms with Gasteiger partial charge in [-0.15, -0.1) is 0 Å². The van der Waals surface area contributed by atoms with Crippen LogP contribution < -0.4 is 5.73 Å². The third kappa shape index (κ3) is 1.73. The van der Waals surface area contributed by atoms with Gasteiger partial charge in [0.25, 0.3) is 0 Å². The van der Waals surface area contributed by atoms with Crippen molar-refractivity contribution in [2.75, 3.05) is 0 Å². The Bertz CT molecular complexity index is 138. The number of hydrogen-bond acceptors (Lipinski definition) is 3. The van der Waals surface area contributed by atoms with Crippen LogP contribution >= 0.6 is 8.46 Å². The summed E-state index contributed by atoms with van der Waals surface area (Å²) in [4.78, 5) is 10.2. The van der Waals surface area contributed by atoms with Gasteiger partial charge >= 0.3 is 19.7 Å². The molecule has 0 fully saturated rings. The Kier molecular flexibility index (Phi) is 2.74. The van der Waals surface area contributed by atoms with E-state index in [4.69, 9.17) is 10.8 Å². The first-order chi connectivity index (χ1) is 4.06. The first-order valence-corrected chi connectivity index (χ1v) is 3.39. The van der Waals surface area contributed by atoms with Crippen LogP contribution in [0.4, 0.5) is 0 Å². The summed E-state index contributed by atoms with van der Waals surface area (Å²) in [7, 11) is -0.990. The Morgan fingerprint density at radius 2 is 2.33 bits per heavy atom. The molecule has 0 aromatic rings. The molecule has 2 unspecified atom stereocenters. The zero-order valence-corrected chi connectivity index (χ0v) is 6.05. The molecule has 0 bridgehead atoms. The lowest BCUT2D eigenvalue weighted by atomic mass is 10.2. The summed E-state index contributed by atoms with van der Waals surface area (Å²) < 4.78 is 10.1. The van der Waals surface area contributed by atoms with Gasteiger partial charge in [0.15, 0.2) is 0 Å². The summed E-state index contributed by atoms with van der Waals surface area (Å²) >= 11 is 0. The van der Waals surface area contributed by atoms with Gasteiger partial charge in [0.2, 0.25) is 0 Å². The van der Waals surface area contributed by atoms with E-state index in [-0.39, 0.29) is 6.42 Å². The lowest BCUT2D eigenvalue weighted by Crippen LogP contribution is -2.41. The van der Waals surface area contributed by atoms with Crippen molar-refractivity contribution >= 4 is 14.4 Å². The number of carbonyl (C=O) groups is 1. The number of hydrogen-bond donors (Lipinski definition) is 2. The molecule has 4 nitrogen and oxygen atoms in total. The number of rotatable bonds is 3. The molecule has 0 rings (SSSR count). The van der Waals surface area contributed by atoms with Gasteiger partial charge < -0.3 is 5.11 Å². The molecule has 0 aliphatic rings. The van der Waals surface area contributed by atoms with Crippen LogP contribution in [0.15, 0.2) is 0 Å². The standard InChI is InChI=1S/C4H8NO3P/c1-2-4(5,9-8)3(6)7/h2,5H2,1H3,(H,6,7)/p+1. The maximum absolute atomic E-state index is 10.2. The molecule has 0 saturated carbocycles. The lowest BCUT2D eigenvalue weighted by Gasteiger charge is -2.04. The quantitative estimate of drug-likeness (QED) is 0.561. The van der Waals surface area contributed by atoms with Gasteiger partial charge in [0.1, 0.15) is 0 Å². The normalized spacial score (nSPS) is 17.1. The Morgan fingerprint density at radius 3 is 2.33 bits per heavy atom. The van der Waals surface area contributed by atoms with Crippen molar-refractivity contribution in [3.63, 3.8) is 0 Å². The van der Waals surface area contributed by atoms with E-state index in [0.717, 1.165) is 0 Å². The zero-order valence-electron chi connectivity index (χ0n) is 5.05. The fourth-order valence-electron chi connectivity index (χ4n) is 0.267. The first-order valence-electron chi connectivity index (χ1n) is 2.48. The molecule has 5 heteroatoms. The third-order valence-electron chi connectivity index (χ3n) is 1.12. The summed E-state index contributed by atoms with van der Waals surface area (Å²) in [5.41, 5.74) is 5.14. The van der Waals surface area contributed by atoms with Crippen molar-refractivity contribution < 1.29 is 14.5 Å². The lowest BCUT2D eigenvalue weighted by molar-refractivity contribution is -0.140. The number of nitrogens with two attached hydrogens (primary N) is 1. The maximum Gasteiger partial charge on any atom is 0.374 e. The highest BCUT2D eigenvalue weighted by Gasteiger charge is 2.40. The van der Waals surface area contributed by atoms with E-state index in [9.17, 15) is 9.36 Å². The van der Waals surface area contributed by atoms with Crippen LogP contribution in [-0.4, -0.2) is 16.4 Å². The summed E-state index contributed by atoms with van der Waals surface area (Å²) in [6.45, 7) is 1.58. The van der Waals surface area contributed by atoms with Crippen LogP contribution in [0.2, 0.25) is 0 Å². The minimum atomic E-state index is -1.53. The second-order valence-corrected chi connectivity index (χ2v) is 2.83. The molecular formula is C4H9NO3P+. The minimum Gasteiger partial charge on any atom is -0.477 e. The second-order valence-electron chi connectivity index (χ2n) is 1.73. The number of carboxylic acids is 1. The topological polar surface area (TPSA) is 80.4 Å². The largest absolute Gasteiger partial charge is 0.477 e. The van der Waals surface area contributed by atoms with E-state index < -0.39 is 19.7 Å². The highest BCUT2D eigenvalue weighted by atomic mass is 31.1. The molecule has 3 N–H and O–H groups in total. The Hall–Kier alpha value is -0.470. The van der Waals surface area contributed by atoms with Gasteiger partial charge in [-0.1, -0.05) is 11.5 Å². The molecule has 52 valence electrons. The number of aliphatic carboxylic acids is 1. The van der Waals surface area contributed by atoms with E-state index in [1.165, 1.54) is 0 Å². The molecule has 2 atom stereocenters. The second kappa shape index (κ2) is 2.90. The van der Waals surface area contributed by atoms with Gasteiger partial charge in [-0.05, 0) is 0 Å². The van der Waals surface area contributed by atoms with E-state index in [1.807, 2.05) is 0 Å². The summed E-state index contributed by atoms with van der Waals surface area (Å²) in [6, 6.07) is 0. The predicted molar refractivity (Wildman–Crippen MR) is 33.8 cm³/mol. The molecule has 0 aromatic heterocycles. The average molecular weight is 150 g/mol. The van der Waals surface area contributed by atoms with Crippen LogP contribution in [0, 0.1) is 0 Å². The highest BCUT2D eigenvalue weighted by molar-refractivity contribution is 7.27. The molecule has 0 heterocycles. The molecule has 0 spiro atoms. The molecule has 0 saturated heterocycles. The Labute approximate surface area is 54.2 Å². The van der Waals surface area contributed by atoms with Gasteiger partial charge in [0.05, 0.1) is 0 Å². The monoisotopic (exact) mass is 150 g/mol. The van der Waals surface area contributed by atoms with Crippen molar-refractivity contribution in [3.8, 4) is 0 Å². The maximum atomic E-state index is 10.2. The minimum absolute atomic E-state index is 0.185. The fourth-order valence-corrected chi connectivity index (χ4v) is 0.499. The molecule has 9 heavy (non-hydrogen) atoms. The summed E-state index contributed by atoms with van der Waals surface area (Å²) in [5.74, 6) is -1.21. The van der Waals surface area contributed by atoms with Crippen LogP contribution in [0.5, 0.6) is 0 Å². The van der Waals surface area contributed by atoms with Gasteiger partial charge in [-0.3, -0.25) is 5.73 Å². The number of carboxylic acid groups (broad SMARTS) is 1. The van der Waals surface area contributed by atoms with E-state index >= 15 is 0 Å². The molecular weight excluding hydrogens is 141 g/mol. The molecule has 0 aliphatic heterocycles. The van der Waals surface area contributed by atoms with Crippen molar-refractivity contribution in [3.05, 3.63) is 0 Å². The average Bonchev–Trinajstić information content (AvgIpc) is 1.86. The van der Waals surface area contributed by atoms with Crippen LogP contribution in [0.1, 0.15) is 13.3 Å². The van der Waals surface area contributed by atoms with Crippen molar-refractivity contribution in [2.24, 2.45) is 5.73 Å². The van der Waals surface area contributed by atoms with Gasteiger partial charge in [-0.2, -0.15) is 0 Å².